The molecule has 10 nitrogen and oxygen atoms in total. The van der Waals surface area contributed by atoms with Crippen LogP contribution in [0.1, 0.15) is 32.3 Å². The summed E-state index contributed by atoms with van der Waals surface area (Å²) < 4.78 is 6.76. The third-order valence-electron chi connectivity index (χ3n) is 5.26. The number of hydrogen-bond acceptors (Lipinski definition) is 8. The minimum absolute atomic E-state index is 0. The molecule has 1 saturated heterocycles. The molecule has 0 aromatic carbocycles. The number of hydrogen-bond donors (Lipinski definition) is 2. The number of nitrogens with two attached hydrogens (primary N) is 1. The van der Waals surface area contributed by atoms with Crippen molar-refractivity contribution in [2.75, 3.05) is 18.8 Å². The maximum Gasteiger partial charge on any atom is 0.219 e. The van der Waals surface area contributed by atoms with Gasteiger partial charge in [-0.15, -0.1) is 12.4 Å². The molecule has 0 saturated carbocycles. The maximum absolute atomic E-state index is 12.4. The highest BCUT2D eigenvalue weighted by Gasteiger charge is 2.26. The summed E-state index contributed by atoms with van der Waals surface area (Å²) in [5, 5.41) is 10.9. The number of carbonyl (C=O) groups is 1. The Bertz CT molecular complexity index is 995. The lowest BCUT2D eigenvalue weighted by atomic mass is 10.0. The van der Waals surface area contributed by atoms with E-state index in [0.29, 0.717) is 24.6 Å². The molecule has 1 aliphatic heterocycles. The summed E-state index contributed by atoms with van der Waals surface area (Å²) in [7, 11) is 0. The van der Waals surface area contributed by atoms with Gasteiger partial charge in [0.15, 0.2) is 17.3 Å². The molecule has 0 radical (unpaired) electrons. The SMILES string of the molecule is CCn1c(-c2nonc2N)nc2cncc(CN(C(C)=O)C3CCNCC3)c21.Cl. The lowest BCUT2D eigenvalue weighted by molar-refractivity contribution is -0.132. The number of rotatable bonds is 5. The molecule has 1 amide bonds. The number of anilines is 1. The average molecular weight is 421 g/mol. The molecule has 3 aromatic heterocycles. The zero-order valence-corrected chi connectivity index (χ0v) is 17.3. The van der Waals surface area contributed by atoms with E-state index in [2.05, 4.69) is 25.6 Å². The van der Waals surface area contributed by atoms with E-state index in [4.69, 9.17) is 10.4 Å². The monoisotopic (exact) mass is 420 g/mol. The molecular formula is C18H25ClN8O2. The van der Waals surface area contributed by atoms with Crippen molar-refractivity contribution in [3.63, 3.8) is 0 Å². The van der Waals surface area contributed by atoms with Crippen LogP contribution in [0.5, 0.6) is 0 Å². The van der Waals surface area contributed by atoms with Gasteiger partial charge in [-0.25, -0.2) is 9.61 Å². The Balaban J connectivity index is 0.00000240. The second kappa shape index (κ2) is 8.75. The number of nitrogens with zero attached hydrogens (tertiary/aromatic N) is 6. The van der Waals surface area contributed by atoms with Crippen LogP contribution in [0.15, 0.2) is 17.0 Å². The van der Waals surface area contributed by atoms with E-state index in [9.17, 15) is 4.79 Å². The Hall–Kier alpha value is -2.72. The number of fused-ring (bicyclic) bond motifs is 1. The van der Waals surface area contributed by atoms with Gasteiger partial charge in [-0.3, -0.25) is 9.78 Å². The summed E-state index contributed by atoms with van der Waals surface area (Å²) in [4.78, 5) is 23.3. The maximum atomic E-state index is 12.4. The van der Waals surface area contributed by atoms with Crippen LogP contribution in [0, 0.1) is 0 Å². The fourth-order valence-corrected chi connectivity index (χ4v) is 3.91. The van der Waals surface area contributed by atoms with E-state index >= 15 is 0 Å². The van der Waals surface area contributed by atoms with E-state index in [1.54, 1.807) is 19.3 Å². The highest BCUT2D eigenvalue weighted by molar-refractivity contribution is 5.85. The second-order valence-corrected chi connectivity index (χ2v) is 6.97. The van der Waals surface area contributed by atoms with E-state index in [-0.39, 0.29) is 30.2 Å². The van der Waals surface area contributed by atoms with Gasteiger partial charge in [0.1, 0.15) is 5.52 Å². The van der Waals surface area contributed by atoms with Crippen LogP contribution in [-0.2, 0) is 17.9 Å². The largest absolute Gasteiger partial charge is 0.379 e. The number of aromatic nitrogens is 5. The van der Waals surface area contributed by atoms with Crippen LogP contribution in [0.3, 0.4) is 0 Å². The van der Waals surface area contributed by atoms with Gasteiger partial charge in [0.25, 0.3) is 0 Å². The Labute approximate surface area is 174 Å². The van der Waals surface area contributed by atoms with Crippen molar-refractivity contribution >= 4 is 35.2 Å². The predicted molar refractivity (Wildman–Crippen MR) is 110 cm³/mol. The summed E-state index contributed by atoms with van der Waals surface area (Å²) in [5.41, 5.74) is 8.89. The lowest BCUT2D eigenvalue weighted by Gasteiger charge is -2.34. The van der Waals surface area contributed by atoms with Crippen LogP contribution in [-0.4, -0.2) is 54.8 Å². The van der Waals surface area contributed by atoms with Crippen LogP contribution >= 0.6 is 12.4 Å². The molecule has 0 bridgehead atoms. The van der Waals surface area contributed by atoms with Crippen molar-refractivity contribution in [1.82, 2.24) is 35.1 Å². The van der Waals surface area contributed by atoms with Crippen LogP contribution < -0.4 is 11.1 Å². The predicted octanol–water partition coefficient (Wildman–Crippen LogP) is 1.61. The number of amides is 1. The summed E-state index contributed by atoms with van der Waals surface area (Å²) in [5.74, 6) is 0.845. The second-order valence-electron chi connectivity index (χ2n) is 6.97. The van der Waals surface area contributed by atoms with E-state index in [0.717, 1.165) is 42.5 Å². The topological polar surface area (TPSA) is 128 Å². The normalized spacial score (nSPS) is 14.7. The Kier molecular flexibility index (Phi) is 6.33. The van der Waals surface area contributed by atoms with Crippen LogP contribution in [0.4, 0.5) is 5.82 Å². The molecule has 156 valence electrons. The van der Waals surface area contributed by atoms with Gasteiger partial charge in [-0.1, -0.05) is 0 Å². The number of imidazole rings is 1. The van der Waals surface area contributed by atoms with Crippen LogP contribution in [0.25, 0.3) is 22.6 Å². The summed E-state index contributed by atoms with van der Waals surface area (Å²) >= 11 is 0. The Morgan fingerprint density at radius 3 is 2.72 bits per heavy atom. The Morgan fingerprint density at radius 2 is 2.10 bits per heavy atom. The first-order valence-electron chi connectivity index (χ1n) is 9.49. The average Bonchev–Trinajstić information content (AvgIpc) is 3.29. The van der Waals surface area contributed by atoms with Crippen molar-refractivity contribution < 1.29 is 9.42 Å². The molecule has 4 heterocycles. The summed E-state index contributed by atoms with van der Waals surface area (Å²) in [6.07, 6.45) is 5.41. The van der Waals surface area contributed by atoms with E-state index in [1.165, 1.54) is 0 Å². The molecule has 0 aliphatic carbocycles. The number of piperidine rings is 1. The van der Waals surface area contributed by atoms with Crippen molar-refractivity contribution in [3.05, 3.63) is 18.0 Å². The van der Waals surface area contributed by atoms with Gasteiger partial charge >= 0.3 is 0 Å². The minimum Gasteiger partial charge on any atom is -0.379 e. The van der Waals surface area contributed by atoms with Gasteiger partial charge in [-0.2, -0.15) is 0 Å². The first-order chi connectivity index (χ1) is 13.6. The highest BCUT2D eigenvalue weighted by Crippen LogP contribution is 2.29. The van der Waals surface area contributed by atoms with Crippen molar-refractivity contribution in [1.29, 1.82) is 0 Å². The highest BCUT2D eigenvalue weighted by atomic mass is 35.5. The van der Waals surface area contributed by atoms with Crippen molar-refractivity contribution in [2.24, 2.45) is 0 Å². The molecule has 4 rings (SSSR count). The van der Waals surface area contributed by atoms with Crippen molar-refractivity contribution in [2.45, 2.75) is 45.8 Å². The molecular weight excluding hydrogens is 396 g/mol. The third-order valence-corrected chi connectivity index (χ3v) is 5.26. The zero-order valence-electron chi connectivity index (χ0n) is 16.5. The molecule has 3 N–H and O–H groups in total. The number of nitrogens with one attached hydrogen (secondary N) is 1. The lowest BCUT2D eigenvalue weighted by Crippen LogP contribution is -2.45. The number of halogens is 1. The van der Waals surface area contributed by atoms with Gasteiger partial charge in [0, 0.05) is 37.8 Å². The molecule has 29 heavy (non-hydrogen) atoms. The smallest absolute Gasteiger partial charge is 0.219 e. The number of nitrogen functional groups attached to an aromatic ring is 1. The van der Waals surface area contributed by atoms with Crippen molar-refractivity contribution in [3.8, 4) is 11.5 Å². The first kappa shape index (κ1) is 21.0. The fraction of sp³-hybridized carbons (Fsp3) is 0.500. The number of pyridine rings is 1. The molecule has 1 aliphatic rings. The molecule has 0 spiro atoms. The Morgan fingerprint density at radius 1 is 1.34 bits per heavy atom. The van der Waals surface area contributed by atoms with E-state index < -0.39 is 0 Å². The molecule has 0 unspecified atom stereocenters. The molecule has 0 atom stereocenters. The fourth-order valence-electron chi connectivity index (χ4n) is 3.91. The first-order valence-corrected chi connectivity index (χ1v) is 9.49. The van der Waals surface area contributed by atoms with Gasteiger partial charge < -0.3 is 20.5 Å². The summed E-state index contributed by atoms with van der Waals surface area (Å²) in [6, 6.07) is 0.224. The number of carbonyl (C=O) groups excluding carboxylic acids is 1. The minimum atomic E-state index is 0. The van der Waals surface area contributed by atoms with Crippen LogP contribution in [0.2, 0.25) is 0 Å². The molecule has 1 fully saturated rings. The van der Waals surface area contributed by atoms with Gasteiger partial charge in [0.05, 0.1) is 11.7 Å². The summed E-state index contributed by atoms with van der Waals surface area (Å²) in [6.45, 7) is 6.64. The third kappa shape index (κ3) is 3.90. The molecule has 11 heteroatoms. The molecule has 3 aromatic rings. The zero-order chi connectivity index (χ0) is 19.7. The van der Waals surface area contributed by atoms with E-state index in [1.807, 2.05) is 16.4 Å². The number of aryl methyl sites for hydroxylation is 1. The quantitative estimate of drug-likeness (QED) is 0.637. The van der Waals surface area contributed by atoms with Gasteiger partial charge in [0.2, 0.25) is 5.91 Å². The standard InChI is InChI=1S/C18H24N8O2.ClH/c1-3-25-16-12(10-26(11(2)27)13-4-6-20-7-5-13)8-21-9-14(16)22-18(25)15-17(19)24-28-23-15;/h8-9,13,20H,3-7,10H2,1-2H3,(H2,19,24);1H. The van der Waals surface area contributed by atoms with Gasteiger partial charge in [-0.05, 0) is 43.2 Å².